The molecule has 166 valence electrons. The number of aromatic nitrogens is 2. The van der Waals surface area contributed by atoms with Crippen molar-refractivity contribution in [3.05, 3.63) is 41.7 Å². The molecule has 0 bridgehead atoms. The van der Waals surface area contributed by atoms with E-state index >= 15 is 0 Å². The van der Waals surface area contributed by atoms with E-state index in [1.165, 1.54) is 17.8 Å². The zero-order valence-electron chi connectivity index (χ0n) is 17.9. The number of amides is 2. The molecule has 2 heterocycles. The molecule has 31 heavy (non-hydrogen) atoms. The topological polar surface area (TPSA) is 87.2 Å². The van der Waals surface area contributed by atoms with Gasteiger partial charge in [-0.2, -0.15) is 0 Å². The summed E-state index contributed by atoms with van der Waals surface area (Å²) in [5, 5.41) is 14.6. The fourth-order valence-corrected chi connectivity index (χ4v) is 3.98. The number of nitrogens with one attached hydrogen (secondary N) is 2. The Hall–Kier alpha value is -2.68. The van der Waals surface area contributed by atoms with Crippen LogP contribution >= 0.6 is 11.8 Å². The van der Waals surface area contributed by atoms with Crippen LogP contribution in [0.5, 0.6) is 0 Å². The number of aryl methyl sites for hydroxylation is 1. The van der Waals surface area contributed by atoms with Gasteiger partial charge >= 0.3 is 0 Å². The highest BCUT2D eigenvalue weighted by Gasteiger charge is 2.25. The highest BCUT2D eigenvalue weighted by Crippen LogP contribution is 2.23. The van der Waals surface area contributed by atoms with E-state index in [-0.39, 0.29) is 29.2 Å². The van der Waals surface area contributed by atoms with Gasteiger partial charge in [-0.15, -0.1) is 10.2 Å². The van der Waals surface area contributed by atoms with Crippen LogP contribution in [0.2, 0.25) is 0 Å². The quantitative estimate of drug-likeness (QED) is 0.606. The van der Waals surface area contributed by atoms with Crippen LogP contribution in [0.3, 0.4) is 0 Å². The molecular formula is C22H28FN5O2S. The molecule has 0 spiro atoms. The average Bonchev–Trinajstić information content (AvgIpc) is 2.78. The minimum atomic E-state index is -0.450. The fourth-order valence-electron chi connectivity index (χ4n) is 3.37. The number of hydrogen-bond acceptors (Lipinski definition) is 6. The summed E-state index contributed by atoms with van der Waals surface area (Å²) in [4.78, 5) is 26.3. The van der Waals surface area contributed by atoms with Crippen molar-refractivity contribution in [1.82, 2.24) is 15.5 Å². The SMILES string of the molecule is CCCNC(=O)C1CCN(c2ccc(SCC(=O)Nc3ccc(C)cc3F)nn2)CC1. The van der Waals surface area contributed by atoms with Crippen LogP contribution in [-0.2, 0) is 9.59 Å². The molecule has 2 aromatic rings. The van der Waals surface area contributed by atoms with Crippen LogP contribution in [-0.4, -0.2) is 47.4 Å². The fraction of sp³-hybridized carbons (Fsp3) is 0.455. The van der Waals surface area contributed by atoms with E-state index in [2.05, 4.69) is 25.7 Å². The second kappa shape index (κ2) is 11.1. The molecule has 1 aromatic carbocycles. The van der Waals surface area contributed by atoms with Crippen molar-refractivity contribution in [3.8, 4) is 0 Å². The Morgan fingerprint density at radius 3 is 2.61 bits per heavy atom. The molecule has 0 radical (unpaired) electrons. The predicted octanol–water partition coefficient (Wildman–Crippen LogP) is 3.40. The summed E-state index contributed by atoms with van der Waals surface area (Å²) in [7, 11) is 0. The number of rotatable bonds is 8. The van der Waals surface area contributed by atoms with Gasteiger partial charge in [0, 0.05) is 25.6 Å². The molecule has 1 fully saturated rings. The van der Waals surface area contributed by atoms with Crippen molar-refractivity contribution in [2.45, 2.75) is 38.1 Å². The Balaban J connectivity index is 1.45. The number of benzene rings is 1. The van der Waals surface area contributed by atoms with Crippen molar-refractivity contribution in [2.24, 2.45) is 5.92 Å². The van der Waals surface area contributed by atoms with Gasteiger partial charge in [0.1, 0.15) is 10.8 Å². The number of anilines is 2. The van der Waals surface area contributed by atoms with E-state index in [1.807, 2.05) is 19.1 Å². The molecule has 0 unspecified atom stereocenters. The molecule has 2 amide bonds. The van der Waals surface area contributed by atoms with E-state index in [1.54, 1.807) is 19.1 Å². The number of piperidine rings is 1. The summed E-state index contributed by atoms with van der Waals surface area (Å²) in [5.41, 5.74) is 0.966. The number of hydrogen-bond donors (Lipinski definition) is 2. The minimum Gasteiger partial charge on any atom is -0.356 e. The Bertz CT molecular complexity index is 901. The maximum atomic E-state index is 13.8. The highest BCUT2D eigenvalue weighted by atomic mass is 32.2. The van der Waals surface area contributed by atoms with Crippen LogP contribution in [0.1, 0.15) is 31.7 Å². The average molecular weight is 446 g/mol. The predicted molar refractivity (Wildman–Crippen MR) is 121 cm³/mol. The summed E-state index contributed by atoms with van der Waals surface area (Å²) >= 11 is 1.24. The van der Waals surface area contributed by atoms with Crippen LogP contribution in [0.4, 0.5) is 15.9 Å². The summed E-state index contributed by atoms with van der Waals surface area (Å²) < 4.78 is 13.8. The molecular weight excluding hydrogens is 417 g/mol. The largest absolute Gasteiger partial charge is 0.356 e. The van der Waals surface area contributed by atoms with Crippen LogP contribution in [0, 0.1) is 18.7 Å². The molecule has 1 aromatic heterocycles. The van der Waals surface area contributed by atoms with Gasteiger partial charge in [-0.05, 0) is 56.0 Å². The maximum absolute atomic E-state index is 13.8. The Morgan fingerprint density at radius 1 is 1.19 bits per heavy atom. The molecule has 2 N–H and O–H groups in total. The zero-order valence-corrected chi connectivity index (χ0v) is 18.7. The van der Waals surface area contributed by atoms with E-state index in [4.69, 9.17) is 0 Å². The third-order valence-corrected chi connectivity index (χ3v) is 6.03. The number of thioether (sulfide) groups is 1. The number of nitrogens with zero attached hydrogens (tertiary/aromatic N) is 3. The van der Waals surface area contributed by atoms with Crippen molar-refractivity contribution < 1.29 is 14.0 Å². The normalized spacial score (nSPS) is 14.4. The van der Waals surface area contributed by atoms with Gasteiger partial charge in [-0.3, -0.25) is 9.59 Å². The third kappa shape index (κ3) is 6.65. The van der Waals surface area contributed by atoms with Crippen LogP contribution in [0.15, 0.2) is 35.4 Å². The van der Waals surface area contributed by atoms with Gasteiger partial charge in [-0.1, -0.05) is 24.8 Å². The monoisotopic (exact) mass is 445 g/mol. The summed E-state index contributed by atoms with van der Waals surface area (Å²) in [6, 6.07) is 8.39. The molecule has 7 nitrogen and oxygen atoms in total. The smallest absolute Gasteiger partial charge is 0.234 e. The maximum Gasteiger partial charge on any atom is 0.234 e. The third-order valence-electron chi connectivity index (χ3n) is 5.11. The van der Waals surface area contributed by atoms with Gasteiger partial charge < -0.3 is 15.5 Å². The van der Waals surface area contributed by atoms with Gasteiger partial charge in [-0.25, -0.2) is 4.39 Å². The van der Waals surface area contributed by atoms with Crippen molar-refractivity contribution in [2.75, 3.05) is 35.6 Å². The number of carbonyl (C=O) groups excluding carboxylic acids is 2. The van der Waals surface area contributed by atoms with Crippen LogP contribution in [0.25, 0.3) is 0 Å². The second-order valence-corrected chi connectivity index (χ2v) is 8.60. The van der Waals surface area contributed by atoms with Crippen molar-refractivity contribution >= 4 is 35.1 Å². The van der Waals surface area contributed by atoms with Crippen molar-refractivity contribution in [3.63, 3.8) is 0 Å². The molecule has 0 atom stereocenters. The summed E-state index contributed by atoms with van der Waals surface area (Å²) in [5.74, 6) is 0.323. The summed E-state index contributed by atoms with van der Waals surface area (Å²) in [6.07, 6.45) is 2.53. The highest BCUT2D eigenvalue weighted by molar-refractivity contribution is 7.99. The lowest BCUT2D eigenvalue weighted by Gasteiger charge is -2.31. The van der Waals surface area contributed by atoms with E-state index in [0.29, 0.717) is 5.03 Å². The number of carbonyl (C=O) groups is 2. The van der Waals surface area contributed by atoms with Crippen molar-refractivity contribution in [1.29, 1.82) is 0 Å². The minimum absolute atomic E-state index is 0.0578. The van der Waals surface area contributed by atoms with Gasteiger partial charge in [0.15, 0.2) is 5.82 Å². The first-order chi connectivity index (χ1) is 15.0. The molecule has 3 rings (SSSR count). The first-order valence-electron chi connectivity index (χ1n) is 10.5. The Labute approximate surface area is 186 Å². The standard InChI is InChI=1S/C22H28FN5O2S/c1-3-10-24-22(30)16-8-11-28(12-9-16)19-6-7-21(27-26-19)31-14-20(29)25-18-5-4-15(2)13-17(18)23/h4-7,13,16H,3,8-12,14H2,1-2H3,(H,24,30)(H,25,29). The lowest BCUT2D eigenvalue weighted by atomic mass is 9.96. The zero-order chi connectivity index (χ0) is 22.2. The second-order valence-electron chi connectivity index (χ2n) is 7.60. The first kappa shape index (κ1) is 23.0. The molecule has 9 heteroatoms. The molecule has 0 aliphatic carbocycles. The Kier molecular flexibility index (Phi) is 8.22. The van der Waals surface area contributed by atoms with Gasteiger partial charge in [0.25, 0.3) is 0 Å². The van der Waals surface area contributed by atoms with E-state index < -0.39 is 5.82 Å². The molecule has 1 aliphatic rings. The lowest BCUT2D eigenvalue weighted by molar-refractivity contribution is -0.125. The van der Waals surface area contributed by atoms with Crippen LogP contribution < -0.4 is 15.5 Å². The van der Waals surface area contributed by atoms with E-state index in [9.17, 15) is 14.0 Å². The van der Waals surface area contributed by atoms with E-state index in [0.717, 1.165) is 50.3 Å². The van der Waals surface area contributed by atoms with Gasteiger partial charge in [0.2, 0.25) is 11.8 Å². The molecule has 1 saturated heterocycles. The molecule has 1 aliphatic heterocycles. The first-order valence-corrected chi connectivity index (χ1v) is 11.5. The molecule has 0 saturated carbocycles. The number of halogens is 1. The van der Waals surface area contributed by atoms with Gasteiger partial charge in [0.05, 0.1) is 11.4 Å². The lowest BCUT2D eigenvalue weighted by Crippen LogP contribution is -2.41. The summed E-state index contributed by atoms with van der Waals surface area (Å²) in [6.45, 7) is 6.08. The Morgan fingerprint density at radius 2 is 1.97 bits per heavy atom.